The zero-order chi connectivity index (χ0) is 14.9. The Morgan fingerprint density at radius 1 is 1.32 bits per heavy atom. The molecule has 0 amide bonds. The van der Waals surface area contributed by atoms with E-state index in [2.05, 4.69) is 26.0 Å². The van der Waals surface area contributed by atoms with Gasteiger partial charge in [-0.05, 0) is 38.9 Å². The third-order valence-electron chi connectivity index (χ3n) is 4.42. The number of H-pyrrole nitrogens is 1. The third kappa shape index (κ3) is 2.62. The first kappa shape index (κ1) is 13.5. The van der Waals surface area contributed by atoms with Gasteiger partial charge in [0.25, 0.3) is 0 Å². The Morgan fingerprint density at radius 2 is 2.18 bits per heavy atom. The highest BCUT2D eigenvalue weighted by molar-refractivity contribution is 5.39. The molecule has 4 heterocycles. The van der Waals surface area contributed by atoms with Gasteiger partial charge in [-0.2, -0.15) is 5.10 Å². The fraction of sp³-hybridized carbons (Fsp3) is 0.438. The summed E-state index contributed by atoms with van der Waals surface area (Å²) >= 11 is 0. The number of aryl methyl sites for hydroxylation is 1. The van der Waals surface area contributed by atoms with Gasteiger partial charge in [-0.15, -0.1) is 0 Å². The van der Waals surface area contributed by atoms with E-state index in [1.165, 1.54) is 11.4 Å². The summed E-state index contributed by atoms with van der Waals surface area (Å²) in [6.45, 7) is 5.17. The van der Waals surface area contributed by atoms with E-state index in [0.717, 1.165) is 43.8 Å². The van der Waals surface area contributed by atoms with Crippen molar-refractivity contribution < 1.29 is 0 Å². The van der Waals surface area contributed by atoms with Crippen LogP contribution < -0.4 is 0 Å². The van der Waals surface area contributed by atoms with Gasteiger partial charge in [-0.1, -0.05) is 0 Å². The number of piperidine rings is 1. The standard InChI is InChI=1S/C16H20N6/c1-12-8-16-19-15(4-7-22(16)20-12)13-2-5-21(6-3-13)10-14-9-17-11-18-14/h4,7-9,11,13H,2-3,5-6,10H2,1H3,(H,17,18). The van der Waals surface area contributed by atoms with Crippen LogP contribution in [0, 0.1) is 6.92 Å². The van der Waals surface area contributed by atoms with Crippen LogP contribution in [0.4, 0.5) is 0 Å². The Labute approximate surface area is 129 Å². The average Bonchev–Trinajstić information content (AvgIpc) is 3.15. The highest BCUT2D eigenvalue weighted by Gasteiger charge is 2.22. The molecule has 4 rings (SSSR count). The van der Waals surface area contributed by atoms with Crippen LogP contribution in [0.5, 0.6) is 0 Å². The summed E-state index contributed by atoms with van der Waals surface area (Å²) < 4.78 is 1.85. The quantitative estimate of drug-likeness (QED) is 0.804. The zero-order valence-corrected chi connectivity index (χ0v) is 12.7. The molecule has 1 saturated heterocycles. The molecular formula is C16H20N6. The molecule has 1 aliphatic heterocycles. The maximum absolute atomic E-state index is 4.79. The van der Waals surface area contributed by atoms with Gasteiger partial charge in [0.05, 0.1) is 12.0 Å². The van der Waals surface area contributed by atoms with Crippen LogP contribution in [-0.4, -0.2) is 42.6 Å². The van der Waals surface area contributed by atoms with Crippen molar-refractivity contribution in [1.82, 2.24) is 29.5 Å². The average molecular weight is 296 g/mol. The number of likely N-dealkylation sites (tertiary alicyclic amines) is 1. The lowest BCUT2D eigenvalue weighted by Gasteiger charge is -2.31. The molecule has 114 valence electrons. The van der Waals surface area contributed by atoms with Crippen molar-refractivity contribution in [3.8, 4) is 0 Å². The fourth-order valence-electron chi connectivity index (χ4n) is 3.24. The first-order valence-corrected chi connectivity index (χ1v) is 7.80. The van der Waals surface area contributed by atoms with Crippen molar-refractivity contribution in [2.24, 2.45) is 0 Å². The molecule has 0 atom stereocenters. The van der Waals surface area contributed by atoms with E-state index in [1.807, 2.05) is 29.9 Å². The molecule has 0 bridgehead atoms. The second-order valence-corrected chi connectivity index (χ2v) is 6.07. The van der Waals surface area contributed by atoms with E-state index in [9.17, 15) is 0 Å². The SMILES string of the molecule is Cc1cc2nc(C3CCN(Cc4cnc[nH]4)CC3)ccn2n1. The number of rotatable bonds is 3. The molecule has 3 aromatic rings. The second kappa shape index (κ2) is 5.53. The maximum Gasteiger partial charge on any atom is 0.155 e. The Balaban J connectivity index is 1.43. The van der Waals surface area contributed by atoms with Crippen LogP contribution in [0.1, 0.15) is 35.8 Å². The number of hydrogen-bond acceptors (Lipinski definition) is 4. The Kier molecular flexibility index (Phi) is 3.38. The van der Waals surface area contributed by atoms with E-state index in [-0.39, 0.29) is 0 Å². The highest BCUT2D eigenvalue weighted by Crippen LogP contribution is 2.27. The number of hydrogen-bond donors (Lipinski definition) is 1. The summed E-state index contributed by atoms with van der Waals surface area (Å²) in [7, 11) is 0. The molecule has 1 N–H and O–H groups in total. The van der Waals surface area contributed by atoms with Gasteiger partial charge in [-0.25, -0.2) is 14.5 Å². The lowest BCUT2D eigenvalue weighted by Crippen LogP contribution is -2.32. The third-order valence-corrected chi connectivity index (χ3v) is 4.42. The molecule has 0 aliphatic carbocycles. The number of aromatic amines is 1. The second-order valence-electron chi connectivity index (χ2n) is 6.07. The normalized spacial score (nSPS) is 17.3. The molecular weight excluding hydrogens is 276 g/mol. The van der Waals surface area contributed by atoms with Crippen LogP contribution in [0.15, 0.2) is 30.9 Å². The summed E-state index contributed by atoms with van der Waals surface area (Å²) in [6.07, 6.45) is 7.99. The minimum absolute atomic E-state index is 0.554. The summed E-state index contributed by atoms with van der Waals surface area (Å²) in [6, 6.07) is 4.16. The fourth-order valence-corrected chi connectivity index (χ4v) is 3.24. The van der Waals surface area contributed by atoms with Gasteiger partial charge in [0, 0.05) is 42.3 Å². The monoisotopic (exact) mass is 296 g/mol. The molecule has 0 spiro atoms. The topological polar surface area (TPSA) is 62.1 Å². The number of nitrogens with zero attached hydrogens (tertiary/aromatic N) is 5. The lowest BCUT2D eigenvalue weighted by molar-refractivity contribution is 0.201. The molecule has 0 unspecified atom stereocenters. The van der Waals surface area contributed by atoms with Crippen molar-refractivity contribution in [2.45, 2.75) is 32.2 Å². The van der Waals surface area contributed by atoms with E-state index < -0.39 is 0 Å². The van der Waals surface area contributed by atoms with Crippen LogP contribution in [0.2, 0.25) is 0 Å². The molecule has 0 aromatic carbocycles. The first-order chi connectivity index (χ1) is 10.8. The van der Waals surface area contributed by atoms with Crippen LogP contribution in [-0.2, 0) is 6.54 Å². The molecule has 3 aromatic heterocycles. The van der Waals surface area contributed by atoms with E-state index in [1.54, 1.807) is 6.33 Å². The number of fused-ring (bicyclic) bond motifs is 1. The van der Waals surface area contributed by atoms with Crippen LogP contribution in [0.3, 0.4) is 0 Å². The molecule has 1 fully saturated rings. The van der Waals surface area contributed by atoms with Crippen LogP contribution >= 0.6 is 0 Å². The largest absolute Gasteiger partial charge is 0.347 e. The predicted octanol–water partition coefficient (Wildman–Crippen LogP) is 2.14. The molecule has 22 heavy (non-hydrogen) atoms. The Bertz CT molecular complexity index is 752. The van der Waals surface area contributed by atoms with Gasteiger partial charge in [0.2, 0.25) is 0 Å². The van der Waals surface area contributed by atoms with Gasteiger partial charge in [-0.3, -0.25) is 4.90 Å². The predicted molar refractivity (Wildman–Crippen MR) is 83.6 cm³/mol. The molecule has 6 nitrogen and oxygen atoms in total. The molecule has 1 aliphatic rings. The molecule has 0 saturated carbocycles. The van der Waals surface area contributed by atoms with Gasteiger partial charge in [0.15, 0.2) is 5.65 Å². The molecule has 0 radical (unpaired) electrons. The van der Waals surface area contributed by atoms with Gasteiger partial charge < -0.3 is 4.98 Å². The lowest BCUT2D eigenvalue weighted by atomic mass is 9.93. The van der Waals surface area contributed by atoms with E-state index >= 15 is 0 Å². The number of imidazole rings is 1. The molecule has 6 heteroatoms. The van der Waals surface area contributed by atoms with E-state index in [0.29, 0.717) is 5.92 Å². The van der Waals surface area contributed by atoms with Gasteiger partial charge in [0.1, 0.15) is 0 Å². The first-order valence-electron chi connectivity index (χ1n) is 7.80. The minimum Gasteiger partial charge on any atom is -0.347 e. The van der Waals surface area contributed by atoms with Crippen molar-refractivity contribution in [3.63, 3.8) is 0 Å². The number of aromatic nitrogens is 5. The van der Waals surface area contributed by atoms with Crippen molar-refractivity contribution in [1.29, 1.82) is 0 Å². The number of nitrogens with one attached hydrogen (secondary N) is 1. The van der Waals surface area contributed by atoms with Crippen molar-refractivity contribution >= 4 is 5.65 Å². The summed E-state index contributed by atoms with van der Waals surface area (Å²) in [5.41, 5.74) is 4.36. The van der Waals surface area contributed by atoms with E-state index in [4.69, 9.17) is 4.98 Å². The van der Waals surface area contributed by atoms with Crippen molar-refractivity contribution in [2.75, 3.05) is 13.1 Å². The highest BCUT2D eigenvalue weighted by atomic mass is 15.2. The van der Waals surface area contributed by atoms with Crippen molar-refractivity contribution in [3.05, 3.63) is 47.9 Å². The Morgan fingerprint density at radius 3 is 2.95 bits per heavy atom. The summed E-state index contributed by atoms with van der Waals surface area (Å²) in [5.74, 6) is 0.554. The minimum atomic E-state index is 0.554. The maximum atomic E-state index is 4.79. The van der Waals surface area contributed by atoms with Crippen LogP contribution in [0.25, 0.3) is 5.65 Å². The van der Waals surface area contributed by atoms with Gasteiger partial charge >= 0.3 is 0 Å². The summed E-state index contributed by atoms with van der Waals surface area (Å²) in [4.78, 5) is 14.5. The zero-order valence-electron chi connectivity index (χ0n) is 12.7. The Hall–Kier alpha value is -2.21. The smallest absolute Gasteiger partial charge is 0.155 e. The summed E-state index contributed by atoms with van der Waals surface area (Å²) in [5, 5.41) is 4.39.